The van der Waals surface area contributed by atoms with E-state index in [1.54, 1.807) is 7.11 Å². The number of rotatable bonds is 6. The van der Waals surface area contributed by atoms with Gasteiger partial charge in [-0.3, -0.25) is 4.79 Å². The second-order valence-electron chi connectivity index (χ2n) is 4.95. The molecule has 0 amide bonds. The van der Waals surface area contributed by atoms with Gasteiger partial charge in [0.25, 0.3) is 0 Å². The summed E-state index contributed by atoms with van der Waals surface area (Å²) in [5.74, 6) is 0.902. The third-order valence-electron chi connectivity index (χ3n) is 3.53. The molecule has 0 aromatic heterocycles. The number of carboxylic acid groups (broad SMARTS) is 1. The van der Waals surface area contributed by atoms with Crippen molar-refractivity contribution in [1.82, 2.24) is 5.32 Å². The van der Waals surface area contributed by atoms with Gasteiger partial charge in [0, 0.05) is 6.54 Å². The van der Waals surface area contributed by atoms with Gasteiger partial charge in [0.1, 0.15) is 0 Å². The van der Waals surface area contributed by atoms with Crippen LogP contribution in [0.4, 0.5) is 0 Å². The summed E-state index contributed by atoms with van der Waals surface area (Å²) >= 11 is 0. The van der Waals surface area contributed by atoms with Gasteiger partial charge in [0.2, 0.25) is 0 Å². The van der Waals surface area contributed by atoms with Crippen molar-refractivity contribution in [3.8, 4) is 11.5 Å². The Hall–Kier alpha value is -1.75. The smallest absolute Gasteiger partial charge is 0.306 e. The van der Waals surface area contributed by atoms with Crippen LogP contribution in [0.15, 0.2) is 18.2 Å². The van der Waals surface area contributed by atoms with Crippen LogP contribution in [-0.4, -0.2) is 37.9 Å². The summed E-state index contributed by atoms with van der Waals surface area (Å²) in [5.41, 5.74) is 1.24. The number of piperidine rings is 1. The first-order valence-electron chi connectivity index (χ1n) is 6.94. The molecule has 0 aliphatic carbocycles. The molecule has 1 aromatic rings. The van der Waals surface area contributed by atoms with Gasteiger partial charge in [0.15, 0.2) is 11.5 Å². The van der Waals surface area contributed by atoms with E-state index in [1.165, 1.54) is 18.4 Å². The van der Waals surface area contributed by atoms with Gasteiger partial charge in [-0.2, -0.15) is 0 Å². The van der Waals surface area contributed by atoms with Crippen molar-refractivity contribution < 1.29 is 19.4 Å². The van der Waals surface area contributed by atoms with Gasteiger partial charge in [0.05, 0.1) is 20.1 Å². The molecule has 1 unspecified atom stereocenters. The number of carboxylic acids is 1. The van der Waals surface area contributed by atoms with Gasteiger partial charge in [-0.05, 0) is 43.0 Å². The summed E-state index contributed by atoms with van der Waals surface area (Å²) in [6, 6.07) is 5.90. The molecule has 1 saturated heterocycles. The molecule has 2 rings (SSSR count). The summed E-state index contributed by atoms with van der Waals surface area (Å²) in [6.45, 7) is 2.22. The lowest BCUT2D eigenvalue weighted by Crippen LogP contribution is -2.28. The van der Waals surface area contributed by atoms with Crippen molar-refractivity contribution in [2.24, 2.45) is 0 Å². The number of aliphatic carboxylic acids is 1. The Morgan fingerprint density at radius 2 is 2.30 bits per heavy atom. The molecule has 0 spiro atoms. The zero-order valence-corrected chi connectivity index (χ0v) is 11.7. The monoisotopic (exact) mass is 279 g/mol. The second kappa shape index (κ2) is 7.14. The Labute approximate surface area is 118 Å². The summed E-state index contributed by atoms with van der Waals surface area (Å²) < 4.78 is 10.8. The van der Waals surface area contributed by atoms with Crippen molar-refractivity contribution in [1.29, 1.82) is 0 Å². The topological polar surface area (TPSA) is 67.8 Å². The number of carbonyl (C=O) groups is 1. The first-order valence-corrected chi connectivity index (χ1v) is 6.94. The molecule has 1 aliphatic heterocycles. The average molecular weight is 279 g/mol. The average Bonchev–Trinajstić information content (AvgIpc) is 2.48. The maximum Gasteiger partial charge on any atom is 0.306 e. The van der Waals surface area contributed by atoms with E-state index in [1.807, 2.05) is 18.2 Å². The van der Waals surface area contributed by atoms with E-state index in [0.29, 0.717) is 17.4 Å². The third kappa shape index (κ3) is 3.87. The van der Waals surface area contributed by atoms with E-state index in [4.69, 9.17) is 14.6 Å². The van der Waals surface area contributed by atoms with Crippen LogP contribution in [0.1, 0.15) is 30.7 Å². The Morgan fingerprint density at radius 1 is 1.45 bits per heavy atom. The van der Waals surface area contributed by atoms with E-state index in [-0.39, 0.29) is 13.0 Å². The van der Waals surface area contributed by atoms with Crippen molar-refractivity contribution in [3.63, 3.8) is 0 Å². The van der Waals surface area contributed by atoms with Crippen LogP contribution in [-0.2, 0) is 4.79 Å². The summed E-state index contributed by atoms with van der Waals surface area (Å²) in [6.07, 6.45) is 2.34. The lowest BCUT2D eigenvalue weighted by atomic mass is 9.91. The Kier molecular flexibility index (Phi) is 5.24. The van der Waals surface area contributed by atoms with Crippen LogP contribution in [0.25, 0.3) is 0 Å². The molecule has 1 atom stereocenters. The Balaban J connectivity index is 2.04. The van der Waals surface area contributed by atoms with E-state index in [0.717, 1.165) is 13.1 Å². The Bertz CT molecular complexity index is 455. The molecule has 0 bridgehead atoms. The standard InChI is InChI=1S/C15H21NO4/c1-19-14-9-11(12-3-2-7-16-10-12)4-5-13(14)20-8-6-15(17)18/h4-5,9,12,16H,2-3,6-8,10H2,1H3,(H,17,18). The lowest BCUT2D eigenvalue weighted by Gasteiger charge is -2.24. The fourth-order valence-electron chi connectivity index (χ4n) is 2.44. The molecule has 0 saturated carbocycles. The highest BCUT2D eigenvalue weighted by molar-refractivity contribution is 5.66. The number of benzene rings is 1. The normalized spacial score (nSPS) is 18.6. The van der Waals surface area contributed by atoms with Crippen LogP contribution in [0.3, 0.4) is 0 Å². The highest BCUT2D eigenvalue weighted by Gasteiger charge is 2.17. The number of ether oxygens (including phenoxy) is 2. The first kappa shape index (κ1) is 14.7. The van der Waals surface area contributed by atoms with Gasteiger partial charge >= 0.3 is 5.97 Å². The van der Waals surface area contributed by atoms with Gasteiger partial charge < -0.3 is 19.9 Å². The second-order valence-corrected chi connectivity index (χ2v) is 4.95. The first-order chi connectivity index (χ1) is 9.70. The van der Waals surface area contributed by atoms with Crippen molar-refractivity contribution >= 4 is 5.97 Å². The maximum atomic E-state index is 10.5. The number of methoxy groups -OCH3 is 1. The molecule has 110 valence electrons. The van der Waals surface area contributed by atoms with Crippen molar-refractivity contribution in [2.45, 2.75) is 25.2 Å². The van der Waals surface area contributed by atoms with E-state index >= 15 is 0 Å². The molecular weight excluding hydrogens is 258 g/mol. The largest absolute Gasteiger partial charge is 0.493 e. The minimum Gasteiger partial charge on any atom is -0.493 e. The lowest BCUT2D eigenvalue weighted by molar-refractivity contribution is -0.137. The van der Waals surface area contributed by atoms with Crippen molar-refractivity contribution in [3.05, 3.63) is 23.8 Å². The fraction of sp³-hybridized carbons (Fsp3) is 0.533. The predicted molar refractivity (Wildman–Crippen MR) is 75.6 cm³/mol. The van der Waals surface area contributed by atoms with Crippen LogP contribution < -0.4 is 14.8 Å². The number of hydrogen-bond acceptors (Lipinski definition) is 4. The minimum atomic E-state index is -0.867. The minimum absolute atomic E-state index is 0.0164. The molecule has 0 radical (unpaired) electrons. The van der Waals surface area contributed by atoms with Gasteiger partial charge in [-0.15, -0.1) is 0 Å². The van der Waals surface area contributed by atoms with Crippen molar-refractivity contribution in [2.75, 3.05) is 26.8 Å². The van der Waals surface area contributed by atoms with Gasteiger partial charge in [-0.1, -0.05) is 6.07 Å². The van der Waals surface area contributed by atoms with E-state index in [2.05, 4.69) is 5.32 Å². The van der Waals surface area contributed by atoms with Crippen LogP contribution in [0.5, 0.6) is 11.5 Å². The highest BCUT2D eigenvalue weighted by Crippen LogP contribution is 2.33. The molecule has 2 N–H and O–H groups in total. The molecule has 5 nitrogen and oxygen atoms in total. The van der Waals surface area contributed by atoms with Crippen LogP contribution in [0.2, 0.25) is 0 Å². The molecular formula is C15H21NO4. The fourth-order valence-corrected chi connectivity index (χ4v) is 2.44. The molecule has 5 heteroatoms. The molecule has 1 aromatic carbocycles. The summed E-state index contributed by atoms with van der Waals surface area (Å²) in [7, 11) is 1.60. The number of nitrogens with one attached hydrogen (secondary N) is 1. The van der Waals surface area contributed by atoms with Crippen LogP contribution >= 0.6 is 0 Å². The van der Waals surface area contributed by atoms with Gasteiger partial charge in [-0.25, -0.2) is 0 Å². The highest BCUT2D eigenvalue weighted by atomic mass is 16.5. The molecule has 1 aliphatic rings. The molecule has 20 heavy (non-hydrogen) atoms. The quantitative estimate of drug-likeness (QED) is 0.834. The van der Waals surface area contributed by atoms with E-state index in [9.17, 15) is 4.79 Å². The Morgan fingerprint density at radius 3 is 2.95 bits per heavy atom. The molecule has 1 fully saturated rings. The number of hydrogen-bond donors (Lipinski definition) is 2. The van der Waals surface area contributed by atoms with E-state index < -0.39 is 5.97 Å². The third-order valence-corrected chi connectivity index (χ3v) is 3.53. The SMILES string of the molecule is COc1cc(C2CCCNC2)ccc1OCCC(=O)O. The molecule has 1 heterocycles. The van der Waals surface area contributed by atoms with Crippen LogP contribution in [0, 0.1) is 0 Å². The zero-order valence-electron chi connectivity index (χ0n) is 11.7. The summed E-state index contributed by atoms with van der Waals surface area (Å²) in [4.78, 5) is 10.5. The zero-order chi connectivity index (χ0) is 14.4. The predicted octanol–water partition coefficient (Wildman–Crippen LogP) is 2.02. The maximum absolute atomic E-state index is 10.5. The summed E-state index contributed by atoms with van der Waals surface area (Å²) in [5, 5.41) is 12.0.